The Morgan fingerprint density at radius 2 is 1.29 bits per heavy atom. The van der Waals surface area contributed by atoms with E-state index in [0.29, 0.717) is 0 Å². The Hall–Kier alpha value is -6.19. The van der Waals surface area contributed by atoms with Crippen molar-refractivity contribution in [2.45, 2.75) is 6.92 Å². The monoisotopic (exact) mass is 629 g/mol. The van der Waals surface area contributed by atoms with Gasteiger partial charge >= 0.3 is 0 Å². The molecule has 0 fully saturated rings. The summed E-state index contributed by atoms with van der Waals surface area (Å²) >= 11 is 0. The van der Waals surface area contributed by atoms with E-state index in [1.807, 2.05) is 12.4 Å². The van der Waals surface area contributed by atoms with Gasteiger partial charge in [0.05, 0.1) is 11.0 Å². The second-order valence-electron chi connectivity index (χ2n) is 13.1. The van der Waals surface area contributed by atoms with Gasteiger partial charge in [-0.05, 0) is 99.3 Å². The zero-order valence-corrected chi connectivity index (χ0v) is 27.6. The van der Waals surface area contributed by atoms with Crippen molar-refractivity contribution >= 4 is 43.7 Å². The highest BCUT2D eigenvalue weighted by molar-refractivity contribution is 6.19. The number of aryl methyl sites for hydroxylation is 1. The molecule has 3 heterocycles. The van der Waals surface area contributed by atoms with E-state index in [0.717, 1.165) is 12.2 Å². The zero-order valence-electron chi connectivity index (χ0n) is 27.6. The summed E-state index contributed by atoms with van der Waals surface area (Å²) in [5.74, 6) is 0. The summed E-state index contributed by atoms with van der Waals surface area (Å²) in [6.07, 6.45) is 8.39. The van der Waals surface area contributed by atoms with Gasteiger partial charge in [-0.25, -0.2) is 0 Å². The van der Waals surface area contributed by atoms with Crippen molar-refractivity contribution in [3.63, 3.8) is 0 Å². The van der Waals surface area contributed by atoms with Gasteiger partial charge in [-0.1, -0.05) is 103 Å². The largest absolute Gasteiger partial charge is 0.376 e. The second-order valence-corrected chi connectivity index (χ2v) is 13.1. The number of likely N-dealkylation sites (N-methyl/N-ethyl adjacent to an activating group) is 1. The third-order valence-corrected chi connectivity index (χ3v) is 9.89. The van der Waals surface area contributed by atoms with Crippen LogP contribution in [0.15, 0.2) is 164 Å². The predicted molar refractivity (Wildman–Crippen MR) is 207 cm³/mol. The van der Waals surface area contributed by atoms with Crippen molar-refractivity contribution in [3.05, 3.63) is 181 Å². The maximum atomic E-state index is 4.41. The summed E-state index contributed by atoms with van der Waals surface area (Å²) in [4.78, 5) is 6.68. The molecular formula is C46H35N3. The van der Waals surface area contributed by atoms with Crippen LogP contribution in [-0.4, -0.2) is 28.0 Å². The molecule has 3 nitrogen and oxygen atoms in total. The number of rotatable bonds is 5. The van der Waals surface area contributed by atoms with Crippen molar-refractivity contribution in [2.75, 3.05) is 13.6 Å². The van der Waals surface area contributed by atoms with Gasteiger partial charge in [-0.3, -0.25) is 4.98 Å². The molecule has 0 atom stereocenters. The summed E-state index contributed by atoms with van der Waals surface area (Å²) in [5, 5.41) is 5.00. The van der Waals surface area contributed by atoms with Crippen LogP contribution in [0, 0.1) is 6.92 Å². The van der Waals surface area contributed by atoms with Gasteiger partial charge in [0.2, 0.25) is 0 Å². The van der Waals surface area contributed by atoms with Crippen LogP contribution in [0.2, 0.25) is 0 Å². The highest BCUT2D eigenvalue weighted by Crippen LogP contribution is 2.40. The van der Waals surface area contributed by atoms with E-state index >= 15 is 0 Å². The molecule has 0 saturated heterocycles. The fraction of sp³-hybridized carbons (Fsp3) is 0.0652. The first kappa shape index (κ1) is 29.0. The second kappa shape index (κ2) is 11.8. The molecule has 3 heteroatoms. The number of pyridine rings is 1. The SMILES string of the molecule is Cc1ccncc1C1=CN(C)CC(c2ccc3c(ccc4c5ccc(-c6cccc(-c7ccccc7)c6)cc5n(-c5ccccc5)c34)c2)=C1. The van der Waals surface area contributed by atoms with Crippen LogP contribution in [0.3, 0.4) is 0 Å². The Morgan fingerprint density at radius 3 is 2.10 bits per heavy atom. The Morgan fingerprint density at radius 1 is 0.592 bits per heavy atom. The molecule has 0 N–H and O–H groups in total. The molecule has 234 valence electrons. The fourth-order valence-electron chi connectivity index (χ4n) is 7.48. The van der Waals surface area contributed by atoms with E-state index in [1.165, 1.54) is 82.7 Å². The first-order valence-electron chi connectivity index (χ1n) is 16.9. The quantitative estimate of drug-likeness (QED) is 0.189. The normalized spacial score (nSPS) is 13.2. The predicted octanol–water partition coefficient (Wildman–Crippen LogP) is 11.3. The number of hydrogen-bond acceptors (Lipinski definition) is 2. The molecule has 0 saturated carbocycles. The molecule has 0 bridgehead atoms. The lowest BCUT2D eigenvalue weighted by Gasteiger charge is -2.24. The van der Waals surface area contributed by atoms with Crippen molar-refractivity contribution in [2.24, 2.45) is 0 Å². The van der Waals surface area contributed by atoms with E-state index in [2.05, 4.69) is 180 Å². The molecule has 0 radical (unpaired) electrons. The Labute approximate surface area is 286 Å². The van der Waals surface area contributed by atoms with Gasteiger partial charge in [0.1, 0.15) is 0 Å². The third-order valence-electron chi connectivity index (χ3n) is 9.89. The zero-order chi connectivity index (χ0) is 32.9. The number of hydrogen-bond donors (Lipinski definition) is 0. The van der Waals surface area contributed by atoms with Crippen LogP contribution < -0.4 is 0 Å². The van der Waals surface area contributed by atoms with E-state index < -0.39 is 0 Å². The summed E-state index contributed by atoms with van der Waals surface area (Å²) in [5.41, 5.74) is 14.6. The van der Waals surface area contributed by atoms with E-state index in [9.17, 15) is 0 Å². The molecule has 1 aliphatic rings. The van der Waals surface area contributed by atoms with Crippen LogP contribution in [-0.2, 0) is 0 Å². The van der Waals surface area contributed by atoms with Crippen LogP contribution >= 0.6 is 0 Å². The average molecular weight is 630 g/mol. The van der Waals surface area contributed by atoms with Crippen molar-refractivity contribution in [1.29, 1.82) is 0 Å². The van der Waals surface area contributed by atoms with Gasteiger partial charge in [0.25, 0.3) is 0 Å². The summed E-state index contributed by atoms with van der Waals surface area (Å²) in [6, 6.07) is 50.9. The maximum Gasteiger partial charge on any atom is 0.0619 e. The smallest absolute Gasteiger partial charge is 0.0619 e. The molecule has 8 aromatic rings. The highest BCUT2D eigenvalue weighted by atomic mass is 15.1. The van der Waals surface area contributed by atoms with Crippen LogP contribution in [0.1, 0.15) is 16.7 Å². The van der Waals surface area contributed by atoms with Crippen LogP contribution in [0.4, 0.5) is 0 Å². The number of para-hydroxylation sites is 1. The first-order valence-corrected chi connectivity index (χ1v) is 16.9. The van der Waals surface area contributed by atoms with E-state index in [4.69, 9.17) is 0 Å². The van der Waals surface area contributed by atoms with Gasteiger partial charge in [-0.2, -0.15) is 0 Å². The Balaban J connectivity index is 1.21. The Bertz CT molecular complexity index is 2590. The van der Waals surface area contributed by atoms with Crippen molar-refractivity contribution < 1.29 is 0 Å². The van der Waals surface area contributed by atoms with E-state index in [-0.39, 0.29) is 0 Å². The lowest BCUT2D eigenvalue weighted by atomic mass is 9.93. The molecule has 1 aliphatic heterocycles. The van der Waals surface area contributed by atoms with Crippen molar-refractivity contribution in [3.8, 4) is 27.9 Å². The molecular weight excluding hydrogens is 595 g/mol. The summed E-state index contributed by atoms with van der Waals surface area (Å²) in [6.45, 7) is 3.01. The van der Waals surface area contributed by atoms with Crippen molar-refractivity contribution in [1.82, 2.24) is 14.5 Å². The number of benzene rings is 6. The van der Waals surface area contributed by atoms with Crippen LogP contribution in [0.5, 0.6) is 0 Å². The van der Waals surface area contributed by atoms with Gasteiger partial charge in [-0.15, -0.1) is 0 Å². The number of aromatic nitrogens is 2. The molecule has 0 unspecified atom stereocenters. The fourth-order valence-corrected chi connectivity index (χ4v) is 7.48. The minimum Gasteiger partial charge on any atom is -0.376 e. The average Bonchev–Trinajstić information content (AvgIpc) is 3.49. The standard InChI is InChI=1S/C46H35N3/c1-31-22-23-47-28-44(31)39-26-38(29-48(2)30-39)35-16-19-41-37(25-35)18-21-43-42-20-17-36(27-45(42)49(46(41)43)40-14-7-4-8-15-40)34-13-9-12-33(24-34)32-10-5-3-6-11-32/h3-28,30H,29H2,1-2H3. The molecule has 0 amide bonds. The number of nitrogens with zero attached hydrogens (tertiary/aromatic N) is 3. The van der Waals surface area contributed by atoms with E-state index in [1.54, 1.807) is 0 Å². The molecule has 0 spiro atoms. The Kier molecular flexibility index (Phi) is 6.98. The third kappa shape index (κ3) is 5.12. The first-order chi connectivity index (χ1) is 24.1. The summed E-state index contributed by atoms with van der Waals surface area (Å²) in [7, 11) is 2.15. The minimum atomic E-state index is 0.856. The van der Waals surface area contributed by atoms with Gasteiger partial charge in [0, 0.05) is 59.6 Å². The topological polar surface area (TPSA) is 21.1 Å². The highest BCUT2D eigenvalue weighted by Gasteiger charge is 2.18. The molecule has 9 rings (SSSR count). The van der Waals surface area contributed by atoms with Crippen LogP contribution in [0.25, 0.3) is 71.7 Å². The maximum absolute atomic E-state index is 4.41. The lowest BCUT2D eigenvalue weighted by Crippen LogP contribution is -2.18. The van der Waals surface area contributed by atoms with Gasteiger partial charge < -0.3 is 9.47 Å². The minimum absolute atomic E-state index is 0.856. The number of allylic oxidation sites excluding steroid dienone is 2. The molecule has 0 aliphatic carbocycles. The molecule has 6 aromatic carbocycles. The summed E-state index contributed by atoms with van der Waals surface area (Å²) < 4.78 is 2.46. The molecule has 49 heavy (non-hydrogen) atoms. The molecule has 2 aromatic heterocycles. The van der Waals surface area contributed by atoms with Gasteiger partial charge in [0.15, 0.2) is 0 Å². The lowest BCUT2D eigenvalue weighted by molar-refractivity contribution is 0.515. The number of fused-ring (bicyclic) bond motifs is 5.